The molecule has 168 valence electrons. The minimum atomic E-state index is -3.72. The smallest absolute Gasteiger partial charge is 0.484 e. The number of hydrogen-bond donors (Lipinski definition) is 3. The maximum absolute atomic E-state index is 13.1. The van der Waals surface area contributed by atoms with Crippen molar-refractivity contribution in [3.63, 3.8) is 0 Å². The molecule has 0 spiro atoms. The fraction of sp³-hybridized carbons (Fsp3) is 0.381. The molecule has 32 heavy (non-hydrogen) atoms. The Morgan fingerprint density at radius 2 is 1.78 bits per heavy atom. The number of pyridine rings is 1. The number of aliphatic hydroxyl groups is 1. The maximum Gasteiger partial charge on any atom is 0.586 e. The number of fused-ring (bicyclic) bond motifs is 1. The van der Waals surface area contributed by atoms with Gasteiger partial charge in [0.1, 0.15) is 11.4 Å². The minimum Gasteiger partial charge on any atom is -0.484 e. The highest BCUT2D eigenvalue weighted by Gasteiger charge is 2.69. The van der Waals surface area contributed by atoms with Gasteiger partial charge in [-0.1, -0.05) is 0 Å². The summed E-state index contributed by atoms with van der Waals surface area (Å²) in [5.74, 6) is -0.754. The van der Waals surface area contributed by atoms with E-state index in [2.05, 4.69) is 25.1 Å². The molecule has 0 saturated heterocycles. The first-order chi connectivity index (χ1) is 15.2. The fourth-order valence-corrected chi connectivity index (χ4v) is 4.55. The number of benzene rings is 1. The monoisotopic (exact) mass is 447 g/mol. The number of hydrogen-bond acceptors (Lipinski definition) is 7. The van der Waals surface area contributed by atoms with Gasteiger partial charge < -0.3 is 30.0 Å². The highest BCUT2D eigenvalue weighted by molar-refractivity contribution is 5.93. The molecule has 0 unspecified atom stereocenters. The molecular formula is C21H19F2N3O6. The molecule has 2 bridgehead atoms. The van der Waals surface area contributed by atoms with Crippen molar-refractivity contribution in [1.82, 2.24) is 15.6 Å². The zero-order valence-corrected chi connectivity index (χ0v) is 16.7. The van der Waals surface area contributed by atoms with E-state index >= 15 is 0 Å². The SMILES string of the molecule is O=C(COc1ccc2c(c1)OC(F)(F)O2)NC12CC(NC(=O)c3cc(CO)ccn3)(C1)C2. The molecule has 1 aromatic heterocycles. The van der Waals surface area contributed by atoms with Gasteiger partial charge in [-0.25, -0.2) is 0 Å². The molecule has 0 radical (unpaired) electrons. The largest absolute Gasteiger partial charge is 0.586 e. The van der Waals surface area contributed by atoms with Crippen LogP contribution in [0.2, 0.25) is 0 Å². The summed E-state index contributed by atoms with van der Waals surface area (Å²) in [6.07, 6.45) is -0.468. The van der Waals surface area contributed by atoms with Crippen molar-refractivity contribution in [2.45, 2.75) is 43.2 Å². The molecule has 9 nitrogen and oxygen atoms in total. The first-order valence-corrected chi connectivity index (χ1v) is 9.91. The Bertz CT molecular complexity index is 1090. The van der Waals surface area contributed by atoms with Crippen molar-refractivity contribution in [3.8, 4) is 17.2 Å². The van der Waals surface area contributed by atoms with Gasteiger partial charge in [0.15, 0.2) is 18.1 Å². The lowest BCUT2D eigenvalue weighted by Gasteiger charge is -2.70. The Hall–Kier alpha value is -3.47. The summed E-state index contributed by atoms with van der Waals surface area (Å²) in [4.78, 5) is 28.7. The highest BCUT2D eigenvalue weighted by atomic mass is 19.3. The van der Waals surface area contributed by atoms with E-state index in [4.69, 9.17) is 4.74 Å². The molecular weight excluding hydrogens is 428 g/mol. The molecule has 3 aliphatic carbocycles. The van der Waals surface area contributed by atoms with Crippen molar-refractivity contribution < 1.29 is 37.7 Å². The van der Waals surface area contributed by atoms with Crippen LogP contribution in [0.5, 0.6) is 17.2 Å². The molecule has 3 N–H and O–H groups in total. The number of aliphatic hydroxyl groups excluding tert-OH is 1. The van der Waals surface area contributed by atoms with Gasteiger partial charge in [-0.2, -0.15) is 0 Å². The van der Waals surface area contributed by atoms with Crippen LogP contribution in [-0.4, -0.2) is 45.9 Å². The summed E-state index contributed by atoms with van der Waals surface area (Å²) in [6.45, 7) is -0.473. The zero-order chi connectivity index (χ0) is 22.6. The summed E-state index contributed by atoms with van der Waals surface area (Å²) in [5, 5.41) is 15.1. The van der Waals surface area contributed by atoms with Crippen LogP contribution in [0.25, 0.3) is 0 Å². The van der Waals surface area contributed by atoms with Gasteiger partial charge in [0.2, 0.25) is 0 Å². The first kappa shape index (κ1) is 20.4. The zero-order valence-electron chi connectivity index (χ0n) is 16.7. The third kappa shape index (κ3) is 3.68. The van der Waals surface area contributed by atoms with Gasteiger partial charge >= 0.3 is 6.29 Å². The van der Waals surface area contributed by atoms with Crippen LogP contribution in [0.3, 0.4) is 0 Å². The van der Waals surface area contributed by atoms with Crippen molar-refractivity contribution in [2.24, 2.45) is 0 Å². The second kappa shape index (κ2) is 7.02. The number of nitrogens with zero attached hydrogens (tertiary/aromatic N) is 1. The van der Waals surface area contributed by atoms with Gasteiger partial charge in [0, 0.05) is 23.3 Å². The summed E-state index contributed by atoms with van der Waals surface area (Å²) in [6, 6.07) is 7.08. The second-order valence-corrected chi connectivity index (χ2v) is 8.37. The average Bonchev–Trinajstić information content (AvgIpc) is 3.02. The second-order valence-electron chi connectivity index (χ2n) is 8.37. The number of aromatic nitrogens is 1. The topological polar surface area (TPSA) is 119 Å². The van der Waals surface area contributed by atoms with Crippen molar-refractivity contribution in [2.75, 3.05) is 6.61 Å². The predicted molar refractivity (Wildman–Crippen MR) is 103 cm³/mol. The standard InChI is InChI=1S/C21H19F2N3O6/c22-21(23)31-15-2-1-13(6-16(15)32-21)30-8-17(28)25-19-9-20(10-19,11-19)26-18(29)14-5-12(7-27)3-4-24-14/h1-6,27H,7-11H2,(H,25,28)(H,26,29). The summed E-state index contributed by atoms with van der Waals surface area (Å²) in [7, 11) is 0. The third-order valence-electron chi connectivity index (χ3n) is 5.80. The molecule has 2 aromatic rings. The Labute approximate surface area is 180 Å². The number of halogens is 2. The van der Waals surface area contributed by atoms with Crippen LogP contribution in [-0.2, 0) is 11.4 Å². The molecule has 2 amide bonds. The summed E-state index contributed by atoms with van der Waals surface area (Å²) in [5.41, 5.74) is 0.0762. The molecule has 2 heterocycles. The van der Waals surface area contributed by atoms with E-state index in [9.17, 15) is 23.5 Å². The molecule has 1 aliphatic heterocycles. The van der Waals surface area contributed by atoms with Gasteiger partial charge in [-0.05, 0) is 49.1 Å². The van der Waals surface area contributed by atoms with Gasteiger partial charge in [0.25, 0.3) is 11.8 Å². The Kier molecular flexibility index (Phi) is 4.48. The fourth-order valence-electron chi connectivity index (χ4n) is 4.55. The lowest BCUT2D eigenvalue weighted by atomic mass is 9.44. The molecule has 11 heteroatoms. The molecule has 4 aliphatic rings. The van der Waals surface area contributed by atoms with E-state index in [0.29, 0.717) is 24.8 Å². The number of rotatable bonds is 7. The van der Waals surface area contributed by atoms with E-state index < -0.39 is 6.29 Å². The van der Waals surface area contributed by atoms with Crippen molar-refractivity contribution in [3.05, 3.63) is 47.8 Å². The van der Waals surface area contributed by atoms with Crippen LogP contribution in [0.4, 0.5) is 8.78 Å². The molecule has 6 rings (SSSR count). The molecule has 3 fully saturated rings. The van der Waals surface area contributed by atoms with E-state index in [1.165, 1.54) is 30.5 Å². The number of carbonyl (C=O) groups is 2. The normalized spacial score (nSPS) is 25.8. The number of alkyl halides is 2. The predicted octanol–water partition coefficient (Wildman–Crippen LogP) is 1.50. The van der Waals surface area contributed by atoms with E-state index in [0.717, 1.165) is 0 Å². The number of amides is 2. The van der Waals surface area contributed by atoms with Crippen LogP contribution >= 0.6 is 0 Å². The number of nitrogens with one attached hydrogen (secondary N) is 2. The summed E-state index contributed by atoms with van der Waals surface area (Å²) >= 11 is 0. The van der Waals surface area contributed by atoms with Gasteiger partial charge in [-0.3, -0.25) is 14.6 Å². The van der Waals surface area contributed by atoms with Crippen LogP contribution in [0.1, 0.15) is 35.3 Å². The van der Waals surface area contributed by atoms with Gasteiger partial charge in [0.05, 0.1) is 6.61 Å². The lowest BCUT2D eigenvalue weighted by molar-refractivity contribution is -0.286. The van der Waals surface area contributed by atoms with E-state index in [1.807, 2.05) is 0 Å². The van der Waals surface area contributed by atoms with E-state index in [-0.39, 0.29) is 59.0 Å². The lowest BCUT2D eigenvalue weighted by Crippen LogP contribution is -2.84. The van der Waals surface area contributed by atoms with Crippen LogP contribution < -0.4 is 24.8 Å². The van der Waals surface area contributed by atoms with Crippen LogP contribution in [0.15, 0.2) is 36.5 Å². The Morgan fingerprint density at radius 3 is 2.53 bits per heavy atom. The average molecular weight is 447 g/mol. The minimum absolute atomic E-state index is 0.105. The van der Waals surface area contributed by atoms with Crippen molar-refractivity contribution in [1.29, 1.82) is 0 Å². The number of ether oxygens (including phenoxy) is 3. The number of carbonyl (C=O) groups excluding carboxylic acids is 2. The Morgan fingerprint density at radius 1 is 1.06 bits per heavy atom. The molecule has 3 saturated carbocycles. The maximum atomic E-state index is 13.1. The summed E-state index contributed by atoms with van der Waals surface area (Å²) < 4.78 is 40.2. The van der Waals surface area contributed by atoms with Gasteiger partial charge in [-0.15, -0.1) is 8.78 Å². The first-order valence-electron chi connectivity index (χ1n) is 9.91. The Balaban J connectivity index is 1.09. The molecule has 0 atom stereocenters. The third-order valence-corrected chi connectivity index (χ3v) is 5.80. The van der Waals surface area contributed by atoms with Crippen molar-refractivity contribution >= 4 is 11.8 Å². The molecule has 1 aromatic carbocycles. The van der Waals surface area contributed by atoms with Crippen LogP contribution in [0, 0.1) is 0 Å². The highest BCUT2D eigenvalue weighted by Crippen LogP contribution is 2.60. The van der Waals surface area contributed by atoms with E-state index in [1.54, 1.807) is 6.07 Å². The quantitative estimate of drug-likeness (QED) is 0.589.